The average molecular weight is 230 g/mol. The molecule has 4 nitrogen and oxygen atoms in total. The molecule has 0 saturated heterocycles. The molecule has 0 unspecified atom stereocenters. The van der Waals surface area contributed by atoms with E-state index in [2.05, 4.69) is 0 Å². The van der Waals surface area contributed by atoms with Gasteiger partial charge in [0.15, 0.2) is 5.88 Å². The lowest BCUT2D eigenvalue weighted by atomic mass is 10.1. The summed E-state index contributed by atoms with van der Waals surface area (Å²) in [6.45, 7) is 3.54. The summed E-state index contributed by atoms with van der Waals surface area (Å²) in [5.41, 5.74) is 7.99. The summed E-state index contributed by atoms with van der Waals surface area (Å²) < 4.78 is 1.27. The van der Waals surface area contributed by atoms with Gasteiger partial charge in [-0.2, -0.15) is 0 Å². The van der Waals surface area contributed by atoms with Crippen molar-refractivity contribution in [3.05, 3.63) is 51.8 Å². The second-order valence-electron chi connectivity index (χ2n) is 4.04. The molecule has 3 N–H and O–H groups in total. The van der Waals surface area contributed by atoms with Crippen LogP contribution < -0.4 is 11.3 Å². The van der Waals surface area contributed by atoms with Crippen LogP contribution in [0.3, 0.4) is 0 Å². The van der Waals surface area contributed by atoms with Crippen molar-refractivity contribution >= 4 is 5.69 Å². The molecule has 2 aromatic rings. The first kappa shape index (κ1) is 11.3. The van der Waals surface area contributed by atoms with Crippen molar-refractivity contribution in [2.24, 2.45) is 0 Å². The lowest BCUT2D eigenvalue weighted by Gasteiger charge is -2.11. The highest BCUT2D eigenvalue weighted by Crippen LogP contribution is 2.18. The van der Waals surface area contributed by atoms with E-state index in [0.717, 1.165) is 5.56 Å². The van der Waals surface area contributed by atoms with E-state index in [1.807, 2.05) is 0 Å². The lowest BCUT2D eigenvalue weighted by molar-refractivity contribution is 0.434. The van der Waals surface area contributed by atoms with Crippen LogP contribution in [0.2, 0.25) is 0 Å². The van der Waals surface area contributed by atoms with Crippen LogP contribution in [0.15, 0.2) is 35.1 Å². The molecule has 1 aromatic heterocycles. The number of aryl methyl sites for hydroxylation is 1. The Kier molecular flexibility index (Phi) is 2.63. The summed E-state index contributed by atoms with van der Waals surface area (Å²) in [5, 5.41) is 9.85. The van der Waals surface area contributed by atoms with E-state index in [1.54, 1.807) is 44.2 Å². The van der Waals surface area contributed by atoms with E-state index in [-0.39, 0.29) is 11.4 Å². The van der Waals surface area contributed by atoms with E-state index in [4.69, 9.17) is 5.73 Å². The predicted molar refractivity (Wildman–Crippen MR) is 67.6 cm³/mol. The molecule has 0 amide bonds. The largest absolute Gasteiger partial charge is 0.494 e. The van der Waals surface area contributed by atoms with Crippen molar-refractivity contribution < 1.29 is 5.11 Å². The minimum Gasteiger partial charge on any atom is -0.494 e. The molecule has 4 heteroatoms. The summed E-state index contributed by atoms with van der Waals surface area (Å²) in [6, 6.07) is 8.36. The van der Waals surface area contributed by atoms with Gasteiger partial charge in [0.25, 0.3) is 5.56 Å². The van der Waals surface area contributed by atoms with Gasteiger partial charge in [0.2, 0.25) is 0 Å². The molecule has 1 aromatic carbocycles. The standard InChI is InChI=1S/C13H14N2O2/c1-8-7-12(16)15(13(17)9(8)2)11-5-3-10(14)4-6-11/h3-7,16H,14H2,1-2H3. The van der Waals surface area contributed by atoms with Crippen molar-refractivity contribution in [1.29, 1.82) is 0 Å². The van der Waals surface area contributed by atoms with E-state index < -0.39 is 0 Å². The molecule has 0 spiro atoms. The number of nitrogen functional groups attached to an aromatic ring is 1. The number of anilines is 1. The van der Waals surface area contributed by atoms with Gasteiger partial charge < -0.3 is 10.8 Å². The van der Waals surface area contributed by atoms with Crippen LogP contribution in [0.25, 0.3) is 5.69 Å². The fourth-order valence-electron chi connectivity index (χ4n) is 1.68. The van der Waals surface area contributed by atoms with Gasteiger partial charge in [-0.25, -0.2) is 4.57 Å². The number of rotatable bonds is 1. The number of pyridine rings is 1. The number of hydrogen-bond donors (Lipinski definition) is 2. The third-order valence-electron chi connectivity index (χ3n) is 2.84. The molecule has 0 radical (unpaired) electrons. The number of nitrogens with zero attached hydrogens (tertiary/aromatic N) is 1. The maximum atomic E-state index is 12.1. The van der Waals surface area contributed by atoms with Crippen LogP contribution in [0.4, 0.5) is 5.69 Å². The van der Waals surface area contributed by atoms with Gasteiger partial charge >= 0.3 is 0 Å². The summed E-state index contributed by atoms with van der Waals surface area (Å²) in [6.07, 6.45) is 0. The smallest absolute Gasteiger partial charge is 0.261 e. The molecule has 2 rings (SSSR count). The molecule has 17 heavy (non-hydrogen) atoms. The number of aromatic nitrogens is 1. The molecular weight excluding hydrogens is 216 g/mol. The lowest BCUT2D eigenvalue weighted by Crippen LogP contribution is -2.21. The van der Waals surface area contributed by atoms with Crippen molar-refractivity contribution in [2.75, 3.05) is 5.73 Å². The highest BCUT2D eigenvalue weighted by Gasteiger charge is 2.09. The number of aromatic hydroxyl groups is 1. The minimum absolute atomic E-state index is 0.0668. The second-order valence-corrected chi connectivity index (χ2v) is 4.04. The molecule has 1 heterocycles. The SMILES string of the molecule is Cc1cc(O)n(-c2ccc(N)cc2)c(=O)c1C. The monoisotopic (exact) mass is 230 g/mol. The van der Waals surface area contributed by atoms with Crippen LogP contribution in [0.5, 0.6) is 5.88 Å². The van der Waals surface area contributed by atoms with E-state index in [9.17, 15) is 9.90 Å². The van der Waals surface area contributed by atoms with Crippen molar-refractivity contribution in [3.8, 4) is 11.6 Å². The molecule has 0 fully saturated rings. The number of hydrogen-bond acceptors (Lipinski definition) is 3. The summed E-state index contributed by atoms with van der Waals surface area (Å²) in [4.78, 5) is 12.1. The molecule has 0 atom stereocenters. The highest BCUT2D eigenvalue weighted by molar-refractivity contribution is 5.47. The number of benzene rings is 1. The van der Waals surface area contributed by atoms with Gasteiger partial charge in [-0.1, -0.05) is 0 Å². The first-order valence-corrected chi connectivity index (χ1v) is 5.29. The van der Waals surface area contributed by atoms with Gasteiger partial charge in [0.05, 0.1) is 5.69 Å². The van der Waals surface area contributed by atoms with Crippen LogP contribution in [0, 0.1) is 13.8 Å². The second kappa shape index (κ2) is 3.97. The molecule has 0 saturated carbocycles. The molecule has 0 aliphatic heterocycles. The predicted octanol–water partition coefficient (Wildman–Crippen LogP) is 1.74. The van der Waals surface area contributed by atoms with Crippen molar-refractivity contribution in [3.63, 3.8) is 0 Å². The molecule has 0 aliphatic carbocycles. The Bertz CT molecular complexity index is 613. The minimum atomic E-state index is -0.215. The van der Waals surface area contributed by atoms with Crippen molar-refractivity contribution in [1.82, 2.24) is 4.57 Å². The van der Waals surface area contributed by atoms with Gasteiger partial charge in [-0.15, -0.1) is 0 Å². The summed E-state index contributed by atoms with van der Waals surface area (Å²) in [5.74, 6) is -0.0668. The quantitative estimate of drug-likeness (QED) is 0.733. The van der Waals surface area contributed by atoms with Crippen LogP contribution in [-0.2, 0) is 0 Å². The molecule has 88 valence electrons. The zero-order chi connectivity index (χ0) is 12.6. The zero-order valence-corrected chi connectivity index (χ0v) is 9.77. The zero-order valence-electron chi connectivity index (χ0n) is 9.77. The highest BCUT2D eigenvalue weighted by atomic mass is 16.3. The Morgan fingerprint density at radius 3 is 2.35 bits per heavy atom. The maximum absolute atomic E-state index is 12.1. The normalized spacial score (nSPS) is 10.5. The fourth-order valence-corrected chi connectivity index (χ4v) is 1.68. The fraction of sp³-hybridized carbons (Fsp3) is 0.154. The van der Waals surface area contributed by atoms with E-state index in [0.29, 0.717) is 16.9 Å². The third-order valence-corrected chi connectivity index (χ3v) is 2.84. The van der Waals surface area contributed by atoms with Crippen LogP contribution in [0.1, 0.15) is 11.1 Å². The van der Waals surface area contributed by atoms with Gasteiger partial charge in [0.1, 0.15) is 0 Å². The van der Waals surface area contributed by atoms with Gasteiger partial charge in [-0.3, -0.25) is 4.79 Å². The van der Waals surface area contributed by atoms with E-state index >= 15 is 0 Å². The third kappa shape index (κ3) is 1.89. The Morgan fingerprint density at radius 2 is 1.76 bits per heavy atom. The van der Waals surface area contributed by atoms with Crippen LogP contribution in [-0.4, -0.2) is 9.67 Å². The first-order chi connectivity index (χ1) is 8.00. The Morgan fingerprint density at radius 1 is 1.18 bits per heavy atom. The summed E-state index contributed by atoms with van der Waals surface area (Å²) in [7, 11) is 0. The van der Waals surface area contributed by atoms with Crippen molar-refractivity contribution in [2.45, 2.75) is 13.8 Å². The van der Waals surface area contributed by atoms with Gasteiger partial charge in [-0.05, 0) is 43.7 Å². The molecule has 0 bridgehead atoms. The van der Waals surface area contributed by atoms with Crippen LogP contribution >= 0.6 is 0 Å². The molecular formula is C13H14N2O2. The number of nitrogens with two attached hydrogens (primary N) is 1. The van der Waals surface area contributed by atoms with Gasteiger partial charge in [0, 0.05) is 17.3 Å². The maximum Gasteiger partial charge on any atom is 0.261 e. The average Bonchev–Trinajstić information content (AvgIpc) is 2.29. The Balaban J connectivity index is 2.72. The Hall–Kier alpha value is -2.23. The first-order valence-electron chi connectivity index (χ1n) is 5.29. The Labute approximate surface area is 98.9 Å². The van der Waals surface area contributed by atoms with E-state index in [1.165, 1.54) is 4.57 Å². The summed E-state index contributed by atoms with van der Waals surface area (Å²) >= 11 is 0. The topological polar surface area (TPSA) is 68.2 Å². The molecule has 0 aliphatic rings.